The van der Waals surface area contributed by atoms with Gasteiger partial charge in [0.15, 0.2) is 5.76 Å². The number of ether oxygens (including phenoxy) is 1. The minimum absolute atomic E-state index is 0.0199. The van der Waals surface area contributed by atoms with Gasteiger partial charge >= 0.3 is 6.03 Å². The number of furan rings is 1. The molecule has 3 amide bonds. The van der Waals surface area contributed by atoms with E-state index in [0.717, 1.165) is 30.8 Å². The molecule has 7 heteroatoms. The van der Waals surface area contributed by atoms with E-state index in [2.05, 4.69) is 17.4 Å². The number of aryl methyl sites for hydroxylation is 1. The van der Waals surface area contributed by atoms with Crippen molar-refractivity contribution in [2.75, 3.05) is 39.3 Å². The maximum absolute atomic E-state index is 12.7. The molecule has 0 saturated carbocycles. The SMILES string of the molecule is Cc1ccc(C(=O)N2CCN(C(=O)NCC3CCCOC3c3ccccc3)CC2)o1. The number of nitrogens with zero attached hydrogens (tertiary/aromatic N) is 2. The van der Waals surface area contributed by atoms with Gasteiger partial charge in [-0.3, -0.25) is 4.79 Å². The average Bonchev–Trinajstić information content (AvgIpc) is 3.24. The molecule has 160 valence electrons. The summed E-state index contributed by atoms with van der Waals surface area (Å²) in [5.74, 6) is 1.22. The third-order valence-electron chi connectivity index (χ3n) is 5.89. The molecule has 0 spiro atoms. The van der Waals surface area contributed by atoms with Gasteiger partial charge < -0.3 is 24.3 Å². The molecule has 2 aliphatic rings. The van der Waals surface area contributed by atoms with Gasteiger partial charge in [0.25, 0.3) is 5.91 Å². The highest BCUT2D eigenvalue weighted by atomic mass is 16.5. The van der Waals surface area contributed by atoms with Crippen LogP contribution < -0.4 is 5.32 Å². The van der Waals surface area contributed by atoms with E-state index in [4.69, 9.17) is 9.15 Å². The van der Waals surface area contributed by atoms with Crippen molar-refractivity contribution in [1.29, 1.82) is 0 Å². The van der Waals surface area contributed by atoms with Crippen LogP contribution in [-0.2, 0) is 4.74 Å². The van der Waals surface area contributed by atoms with Crippen LogP contribution in [0.15, 0.2) is 46.9 Å². The van der Waals surface area contributed by atoms with Crippen molar-refractivity contribution < 1.29 is 18.7 Å². The van der Waals surface area contributed by atoms with Crippen molar-refractivity contribution in [3.05, 3.63) is 59.5 Å². The smallest absolute Gasteiger partial charge is 0.317 e. The van der Waals surface area contributed by atoms with Crippen LogP contribution in [0.3, 0.4) is 0 Å². The van der Waals surface area contributed by atoms with Gasteiger partial charge in [-0.15, -0.1) is 0 Å². The molecule has 2 aliphatic heterocycles. The van der Waals surface area contributed by atoms with Crippen LogP contribution in [0.25, 0.3) is 0 Å². The lowest BCUT2D eigenvalue weighted by molar-refractivity contribution is -0.0272. The summed E-state index contributed by atoms with van der Waals surface area (Å²) in [6.07, 6.45) is 2.06. The number of hydrogen-bond acceptors (Lipinski definition) is 4. The summed E-state index contributed by atoms with van der Waals surface area (Å²) in [5.41, 5.74) is 1.16. The number of rotatable bonds is 4. The highest BCUT2D eigenvalue weighted by Crippen LogP contribution is 2.33. The second-order valence-corrected chi connectivity index (χ2v) is 7.98. The van der Waals surface area contributed by atoms with E-state index in [9.17, 15) is 9.59 Å². The Balaban J connectivity index is 1.27. The fourth-order valence-electron chi connectivity index (χ4n) is 4.21. The molecule has 1 N–H and O–H groups in total. The third-order valence-corrected chi connectivity index (χ3v) is 5.89. The van der Waals surface area contributed by atoms with Crippen LogP contribution in [0.5, 0.6) is 0 Å². The molecule has 0 bridgehead atoms. The van der Waals surface area contributed by atoms with Crippen molar-refractivity contribution in [2.45, 2.75) is 25.9 Å². The van der Waals surface area contributed by atoms with Crippen molar-refractivity contribution in [2.24, 2.45) is 5.92 Å². The molecule has 2 saturated heterocycles. The number of carbonyl (C=O) groups is 2. The summed E-state index contributed by atoms with van der Waals surface area (Å²) >= 11 is 0. The largest absolute Gasteiger partial charge is 0.456 e. The van der Waals surface area contributed by atoms with E-state index in [1.807, 2.05) is 25.1 Å². The molecule has 2 atom stereocenters. The summed E-state index contributed by atoms with van der Waals surface area (Å²) in [6.45, 7) is 5.20. The third kappa shape index (κ3) is 4.67. The Kier molecular flexibility index (Phi) is 6.38. The number of hydrogen-bond donors (Lipinski definition) is 1. The van der Waals surface area contributed by atoms with E-state index in [0.29, 0.717) is 38.5 Å². The van der Waals surface area contributed by atoms with E-state index in [1.54, 1.807) is 21.9 Å². The second kappa shape index (κ2) is 9.34. The van der Waals surface area contributed by atoms with Gasteiger partial charge in [-0.05, 0) is 37.5 Å². The monoisotopic (exact) mass is 411 g/mol. The summed E-state index contributed by atoms with van der Waals surface area (Å²) < 4.78 is 11.4. The number of piperazine rings is 1. The van der Waals surface area contributed by atoms with Crippen LogP contribution >= 0.6 is 0 Å². The van der Waals surface area contributed by atoms with Crippen molar-refractivity contribution >= 4 is 11.9 Å². The molecule has 2 aromatic rings. The van der Waals surface area contributed by atoms with Crippen LogP contribution in [0.1, 0.15) is 40.8 Å². The number of amides is 3. The Morgan fingerprint density at radius 1 is 1.03 bits per heavy atom. The summed E-state index contributed by atoms with van der Waals surface area (Å²) in [7, 11) is 0. The van der Waals surface area contributed by atoms with Gasteiger partial charge in [0.2, 0.25) is 0 Å². The fourth-order valence-corrected chi connectivity index (χ4v) is 4.21. The highest BCUT2D eigenvalue weighted by Gasteiger charge is 2.30. The summed E-state index contributed by atoms with van der Waals surface area (Å²) in [5, 5.41) is 3.09. The first kappa shape index (κ1) is 20.5. The Morgan fingerprint density at radius 2 is 1.77 bits per heavy atom. The Labute approximate surface area is 177 Å². The molecular weight excluding hydrogens is 382 g/mol. The quantitative estimate of drug-likeness (QED) is 0.838. The van der Waals surface area contributed by atoms with Crippen molar-refractivity contribution in [1.82, 2.24) is 15.1 Å². The molecule has 2 unspecified atom stereocenters. The zero-order chi connectivity index (χ0) is 20.9. The zero-order valence-electron chi connectivity index (χ0n) is 17.4. The lowest BCUT2D eigenvalue weighted by Gasteiger charge is -2.36. The molecule has 1 aromatic heterocycles. The lowest BCUT2D eigenvalue weighted by Crippen LogP contribution is -2.53. The summed E-state index contributed by atoms with van der Waals surface area (Å²) in [6, 6.07) is 13.6. The second-order valence-electron chi connectivity index (χ2n) is 7.98. The van der Waals surface area contributed by atoms with E-state index < -0.39 is 0 Å². The normalized spacial score (nSPS) is 22.0. The van der Waals surface area contributed by atoms with E-state index in [-0.39, 0.29) is 24.0 Å². The fraction of sp³-hybridized carbons (Fsp3) is 0.478. The molecular formula is C23H29N3O4. The topological polar surface area (TPSA) is 75.0 Å². The van der Waals surface area contributed by atoms with Gasteiger partial charge in [-0.1, -0.05) is 30.3 Å². The Morgan fingerprint density at radius 3 is 2.47 bits per heavy atom. The van der Waals surface area contributed by atoms with Gasteiger partial charge in [0.05, 0.1) is 6.10 Å². The standard InChI is InChI=1S/C23H29N3O4/c1-17-9-10-20(30-17)22(27)25-11-13-26(14-12-25)23(28)24-16-19-8-5-15-29-21(19)18-6-3-2-4-7-18/h2-4,6-7,9-10,19,21H,5,8,11-16H2,1H3,(H,24,28). The number of urea groups is 1. The Bertz CT molecular complexity index is 858. The van der Waals surface area contributed by atoms with Gasteiger partial charge in [0.1, 0.15) is 5.76 Å². The minimum atomic E-state index is -0.117. The molecule has 2 fully saturated rings. The number of benzene rings is 1. The molecule has 30 heavy (non-hydrogen) atoms. The van der Waals surface area contributed by atoms with E-state index in [1.165, 1.54) is 0 Å². The molecule has 4 rings (SSSR count). The minimum Gasteiger partial charge on any atom is -0.456 e. The van der Waals surface area contributed by atoms with Crippen LogP contribution in [0.4, 0.5) is 4.79 Å². The molecule has 7 nitrogen and oxygen atoms in total. The number of nitrogens with one attached hydrogen (secondary N) is 1. The maximum atomic E-state index is 12.7. The first-order chi connectivity index (χ1) is 14.6. The predicted molar refractivity (Wildman–Crippen MR) is 112 cm³/mol. The van der Waals surface area contributed by atoms with Crippen LogP contribution in [0.2, 0.25) is 0 Å². The van der Waals surface area contributed by atoms with Crippen LogP contribution in [-0.4, -0.2) is 61.1 Å². The van der Waals surface area contributed by atoms with Crippen molar-refractivity contribution in [3.63, 3.8) is 0 Å². The van der Waals surface area contributed by atoms with E-state index >= 15 is 0 Å². The molecule has 0 radical (unpaired) electrons. The first-order valence-corrected chi connectivity index (χ1v) is 10.7. The Hall–Kier alpha value is -2.80. The lowest BCUT2D eigenvalue weighted by atomic mass is 9.89. The maximum Gasteiger partial charge on any atom is 0.317 e. The zero-order valence-corrected chi connectivity index (χ0v) is 17.4. The molecule has 3 heterocycles. The molecule has 1 aromatic carbocycles. The molecule has 0 aliphatic carbocycles. The highest BCUT2D eigenvalue weighted by molar-refractivity contribution is 5.91. The number of carbonyl (C=O) groups excluding carboxylic acids is 2. The van der Waals surface area contributed by atoms with Crippen LogP contribution in [0, 0.1) is 12.8 Å². The van der Waals surface area contributed by atoms with Crippen molar-refractivity contribution in [3.8, 4) is 0 Å². The summed E-state index contributed by atoms with van der Waals surface area (Å²) in [4.78, 5) is 28.7. The van der Waals surface area contributed by atoms with Gasteiger partial charge in [0, 0.05) is 45.2 Å². The van der Waals surface area contributed by atoms with Gasteiger partial charge in [-0.25, -0.2) is 4.79 Å². The predicted octanol–water partition coefficient (Wildman–Crippen LogP) is 3.22. The van der Waals surface area contributed by atoms with Gasteiger partial charge in [-0.2, -0.15) is 0 Å². The first-order valence-electron chi connectivity index (χ1n) is 10.7. The average molecular weight is 412 g/mol.